The molecule has 0 N–H and O–H groups in total. The van der Waals surface area contributed by atoms with Gasteiger partial charge >= 0.3 is 0 Å². The molecule has 2 aromatic rings. The van der Waals surface area contributed by atoms with Gasteiger partial charge in [0.15, 0.2) is 0 Å². The van der Waals surface area contributed by atoms with Crippen molar-refractivity contribution >= 4 is 5.57 Å². The maximum absolute atomic E-state index is 5.94. The van der Waals surface area contributed by atoms with E-state index in [0.717, 1.165) is 23.5 Å². The van der Waals surface area contributed by atoms with E-state index >= 15 is 0 Å². The Balaban J connectivity index is 2.31. The van der Waals surface area contributed by atoms with Gasteiger partial charge in [-0.1, -0.05) is 49.4 Å². The molecular weight excluding hydrogens is 220 g/mol. The summed E-state index contributed by atoms with van der Waals surface area (Å²) in [5.41, 5.74) is 2.41. The second kappa shape index (κ2) is 6.06. The molecule has 0 atom stereocenters. The highest BCUT2D eigenvalue weighted by molar-refractivity contribution is 5.69. The lowest BCUT2D eigenvalue weighted by Crippen LogP contribution is -1.89. The average molecular weight is 238 g/mol. The summed E-state index contributed by atoms with van der Waals surface area (Å²) in [6, 6.07) is 18.0. The van der Waals surface area contributed by atoms with E-state index in [4.69, 9.17) is 4.74 Å². The highest BCUT2D eigenvalue weighted by Crippen LogP contribution is 2.29. The van der Waals surface area contributed by atoms with Crippen molar-refractivity contribution in [2.24, 2.45) is 0 Å². The number of benzene rings is 2. The monoisotopic (exact) mass is 238 g/mol. The predicted octanol–water partition coefficient (Wildman–Crippen LogP) is 5.29. The summed E-state index contributed by atoms with van der Waals surface area (Å²) in [7, 11) is 0. The Bertz CT molecular complexity index is 526. The van der Waals surface area contributed by atoms with Crippen molar-refractivity contribution < 1.29 is 4.74 Å². The van der Waals surface area contributed by atoms with Crippen LogP contribution in [0.25, 0.3) is 5.57 Å². The Kier molecular flexibility index (Phi) is 4.19. The Morgan fingerprint density at radius 1 is 1.00 bits per heavy atom. The van der Waals surface area contributed by atoms with Crippen molar-refractivity contribution in [1.82, 2.24) is 0 Å². The number of para-hydroxylation sites is 2. The molecule has 0 aliphatic heterocycles. The Hall–Kier alpha value is -2.02. The molecule has 0 aromatic heterocycles. The first-order valence-corrected chi connectivity index (χ1v) is 6.30. The minimum atomic E-state index is 0.870. The Morgan fingerprint density at radius 3 is 2.39 bits per heavy atom. The molecule has 1 heteroatoms. The molecule has 0 spiro atoms. The van der Waals surface area contributed by atoms with Gasteiger partial charge in [-0.2, -0.15) is 0 Å². The summed E-state index contributed by atoms with van der Waals surface area (Å²) in [4.78, 5) is 0. The van der Waals surface area contributed by atoms with E-state index in [0.29, 0.717) is 0 Å². The molecule has 0 saturated heterocycles. The van der Waals surface area contributed by atoms with Crippen LogP contribution in [0.3, 0.4) is 0 Å². The summed E-state index contributed by atoms with van der Waals surface area (Å²) in [5.74, 6) is 1.78. The summed E-state index contributed by atoms with van der Waals surface area (Å²) in [6.07, 6.45) is 3.25. The van der Waals surface area contributed by atoms with Crippen LogP contribution in [-0.4, -0.2) is 0 Å². The molecule has 0 fully saturated rings. The fourth-order valence-electron chi connectivity index (χ4n) is 1.91. The molecule has 0 unspecified atom stereocenters. The van der Waals surface area contributed by atoms with Crippen molar-refractivity contribution in [3.8, 4) is 11.5 Å². The average Bonchev–Trinajstić information content (AvgIpc) is 2.41. The topological polar surface area (TPSA) is 9.23 Å². The molecule has 18 heavy (non-hydrogen) atoms. The quantitative estimate of drug-likeness (QED) is 0.703. The molecule has 2 aromatic carbocycles. The molecule has 1 nitrogen and oxygen atoms in total. The number of hydrogen-bond donors (Lipinski definition) is 0. The van der Waals surface area contributed by atoms with Crippen molar-refractivity contribution in [3.05, 3.63) is 66.2 Å². The minimum absolute atomic E-state index is 0.870. The zero-order valence-corrected chi connectivity index (χ0v) is 10.9. The van der Waals surface area contributed by atoms with Gasteiger partial charge in [-0.15, -0.1) is 0 Å². The fourth-order valence-corrected chi connectivity index (χ4v) is 1.91. The zero-order chi connectivity index (χ0) is 12.8. The van der Waals surface area contributed by atoms with Gasteiger partial charge < -0.3 is 4.74 Å². The first-order chi connectivity index (χ1) is 8.81. The molecular formula is C17H18O. The van der Waals surface area contributed by atoms with Gasteiger partial charge in [0.2, 0.25) is 0 Å². The second-order valence-electron chi connectivity index (χ2n) is 4.21. The molecule has 92 valence electrons. The summed E-state index contributed by atoms with van der Waals surface area (Å²) >= 11 is 0. The van der Waals surface area contributed by atoms with Crippen LogP contribution in [0.2, 0.25) is 0 Å². The highest BCUT2D eigenvalue weighted by Gasteiger charge is 2.05. The summed E-state index contributed by atoms with van der Waals surface area (Å²) < 4.78 is 5.94. The van der Waals surface area contributed by atoms with Crippen LogP contribution in [0.5, 0.6) is 11.5 Å². The first kappa shape index (κ1) is 12.4. The van der Waals surface area contributed by atoms with Crippen molar-refractivity contribution in [2.75, 3.05) is 0 Å². The van der Waals surface area contributed by atoms with Crippen LogP contribution in [0.15, 0.2) is 60.7 Å². The zero-order valence-electron chi connectivity index (χ0n) is 10.9. The van der Waals surface area contributed by atoms with Gasteiger partial charge in [-0.3, -0.25) is 0 Å². The Morgan fingerprint density at radius 2 is 1.67 bits per heavy atom. The second-order valence-corrected chi connectivity index (χ2v) is 4.21. The molecule has 0 bridgehead atoms. The van der Waals surface area contributed by atoms with Crippen LogP contribution in [0.1, 0.15) is 25.8 Å². The third-order valence-corrected chi connectivity index (χ3v) is 2.79. The van der Waals surface area contributed by atoms with E-state index in [1.165, 1.54) is 5.57 Å². The van der Waals surface area contributed by atoms with Gasteiger partial charge in [-0.05, 0) is 37.1 Å². The lowest BCUT2D eigenvalue weighted by atomic mass is 10.1. The lowest BCUT2D eigenvalue weighted by Gasteiger charge is -2.11. The van der Waals surface area contributed by atoms with E-state index in [-0.39, 0.29) is 0 Å². The van der Waals surface area contributed by atoms with Gasteiger partial charge in [0, 0.05) is 5.56 Å². The minimum Gasteiger partial charge on any atom is -0.457 e. The summed E-state index contributed by atoms with van der Waals surface area (Å²) in [6.45, 7) is 4.26. The van der Waals surface area contributed by atoms with Crippen LogP contribution in [0, 0.1) is 0 Å². The number of allylic oxidation sites excluding steroid dienone is 2. The van der Waals surface area contributed by atoms with Crippen LogP contribution in [-0.2, 0) is 0 Å². The predicted molar refractivity (Wildman–Crippen MR) is 76.9 cm³/mol. The van der Waals surface area contributed by atoms with E-state index < -0.39 is 0 Å². The smallest absolute Gasteiger partial charge is 0.134 e. The summed E-state index contributed by atoms with van der Waals surface area (Å²) in [5, 5.41) is 0. The van der Waals surface area contributed by atoms with E-state index in [9.17, 15) is 0 Å². The van der Waals surface area contributed by atoms with E-state index in [2.05, 4.69) is 26.0 Å². The van der Waals surface area contributed by atoms with Crippen molar-refractivity contribution in [1.29, 1.82) is 0 Å². The first-order valence-electron chi connectivity index (χ1n) is 6.30. The maximum Gasteiger partial charge on any atom is 0.134 e. The van der Waals surface area contributed by atoms with Gasteiger partial charge in [0.05, 0.1) is 0 Å². The van der Waals surface area contributed by atoms with Gasteiger partial charge in [0.25, 0.3) is 0 Å². The highest BCUT2D eigenvalue weighted by atomic mass is 16.5. The molecule has 0 aliphatic rings. The van der Waals surface area contributed by atoms with Crippen molar-refractivity contribution in [2.45, 2.75) is 20.3 Å². The Labute approximate surface area is 109 Å². The van der Waals surface area contributed by atoms with Gasteiger partial charge in [0.1, 0.15) is 11.5 Å². The third kappa shape index (κ3) is 3.01. The van der Waals surface area contributed by atoms with E-state index in [1.54, 1.807) is 0 Å². The van der Waals surface area contributed by atoms with Gasteiger partial charge in [-0.25, -0.2) is 0 Å². The molecule has 0 heterocycles. The van der Waals surface area contributed by atoms with Crippen LogP contribution >= 0.6 is 0 Å². The third-order valence-electron chi connectivity index (χ3n) is 2.79. The molecule has 2 rings (SSSR count). The normalized spacial score (nSPS) is 11.3. The SMILES string of the molecule is CCC=C(C)c1ccccc1Oc1ccccc1. The van der Waals surface area contributed by atoms with Crippen molar-refractivity contribution in [3.63, 3.8) is 0 Å². The standard InChI is InChI=1S/C17H18O/c1-3-9-14(2)16-12-7-8-13-17(16)18-15-10-5-4-6-11-15/h4-13H,3H2,1-2H3. The maximum atomic E-state index is 5.94. The van der Waals surface area contributed by atoms with Crippen LogP contribution < -0.4 is 4.74 Å². The fraction of sp³-hybridized carbons (Fsp3) is 0.176. The number of hydrogen-bond acceptors (Lipinski definition) is 1. The lowest BCUT2D eigenvalue weighted by molar-refractivity contribution is 0.481. The molecule has 0 radical (unpaired) electrons. The van der Waals surface area contributed by atoms with E-state index in [1.807, 2.05) is 48.5 Å². The molecule has 0 saturated carbocycles. The number of rotatable bonds is 4. The van der Waals surface area contributed by atoms with Crippen LogP contribution in [0.4, 0.5) is 0 Å². The molecule has 0 amide bonds. The number of ether oxygens (including phenoxy) is 1. The largest absolute Gasteiger partial charge is 0.457 e. The molecule has 0 aliphatic carbocycles.